The summed E-state index contributed by atoms with van der Waals surface area (Å²) in [6, 6.07) is 6.38. The van der Waals surface area contributed by atoms with Gasteiger partial charge in [0.2, 0.25) is 11.8 Å². The first-order chi connectivity index (χ1) is 18.5. The van der Waals surface area contributed by atoms with E-state index < -0.39 is 29.6 Å². The summed E-state index contributed by atoms with van der Waals surface area (Å²) in [4.78, 5) is 47.3. The Morgan fingerprint density at radius 2 is 1.79 bits per heavy atom. The number of anilines is 1. The number of benzene rings is 1. The zero-order valence-electron chi connectivity index (χ0n) is 22.1. The molecule has 9 heteroatoms. The highest BCUT2D eigenvalue weighted by atomic mass is 16.5. The summed E-state index contributed by atoms with van der Waals surface area (Å²) < 4.78 is 11.9. The third kappa shape index (κ3) is 4.31. The van der Waals surface area contributed by atoms with Gasteiger partial charge in [-0.05, 0) is 49.9 Å². The van der Waals surface area contributed by atoms with Crippen molar-refractivity contribution < 1.29 is 29.0 Å². The molecule has 4 aliphatic heterocycles. The molecule has 5 atom stereocenters. The van der Waals surface area contributed by atoms with E-state index >= 15 is 0 Å². The second kappa shape index (κ2) is 10.9. The molecule has 1 unspecified atom stereocenters. The number of amides is 3. The van der Waals surface area contributed by atoms with E-state index in [1.165, 1.54) is 0 Å². The van der Waals surface area contributed by atoms with Gasteiger partial charge < -0.3 is 29.3 Å². The molecule has 204 valence electrons. The molecule has 2 saturated heterocycles. The Morgan fingerprint density at radius 3 is 2.50 bits per heavy atom. The van der Waals surface area contributed by atoms with Crippen molar-refractivity contribution in [1.29, 1.82) is 0 Å². The number of rotatable bonds is 9. The van der Waals surface area contributed by atoms with Gasteiger partial charge in [0.05, 0.1) is 25.0 Å². The zero-order valence-corrected chi connectivity index (χ0v) is 22.1. The first kappa shape index (κ1) is 26.4. The van der Waals surface area contributed by atoms with Crippen molar-refractivity contribution in [2.45, 2.75) is 50.4 Å². The van der Waals surface area contributed by atoms with Gasteiger partial charge in [-0.3, -0.25) is 14.4 Å². The van der Waals surface area contributed by atoms with Crippen LogP contribution < -0.4 is 9.64 Å². The SMILES string of the molecule is CCCN1CC=C[C@@H]2O[C@]34C=CCN(c5ccc(OC)cc5)C(=O)C3N(CCCCCO)C(=O)[C@@H]4[C@@H]2C1=O. The molecular formula is C29H37N3O6. The highest BCUT2D eigenvalue weighted by Gasteiger charge is 2.71. The number of carbonyl (C=O) groups is 3. The monoisotopic (exact) mass is 523 g/mol. The van der Waals surface area contributed by atoms with Crippen LogP contribution in [-0.4, -0.2) is 90.3 Å². The van der Waals surface area contributed by atoms with Gasteiger partial charge in [-0.2, -0.15) is 0 Å². The van der Waals surface area contributed by atoms with E-state index in [-0.39, 0.29) is 24.3 Å². The summed E-state index contributed by atoms with van der Waals surface area (Å²) in [5.41, 5.74) is -0.525. The predicted octanol–water partition coefficient (Wildman–Crippen LogP) is 2.15. The summed E-state index contributed by atoms with van der Waals surface area (Å²) in [6.45, 7) is 3.89. The van der Waals surface area contributed by atoms with Crippen LogP contribution in [0.2, 0.25) is 0 Å². The lowest BCUT2D eigenvalue weighted by atomic mass is 9.77. The minimum atomic E-state index is -1.23. The fourth-order valence-corrected chi connectivity index (χ4v) is 6.46. The van der Waals surface area contributed by atoms with Gasteiger partial charge in [-0.15, -0.1) is 0 Å². The van der Waals surface area contributed by atoms with E-state index in [4.69, 9.17) is 9.47 Å². The van der Waals surface area contributed by atoms with E-state index in [1.54, 1.807) is 33.9 Å². The number of ether oxygens (including phenoxy) is 2. The quantitative estimate of drug-likeness (QED) is 0.393. The van der Waals surface area contributed by atoms with Gasteiger partial charge >= 0.3 is 0 Å². The lowest BCUT2D eigenvalue weighted by Gasteiger charge is -2.35. The van der Waals surface area contributed by atoms with Gasteiger partial charge in [0.1, 0.15) is 17.4 Å². The molecule has 1 aromatic rings. The number of hydrogen-bond acceptors (Lipinski definition) is 6. The van der Waals surface area contributed by atoms with Crippen LogP contribution in [0.15, 0.2) is 48.6 Å². The van der Waals surface area contributed by atoms with Crippen molar-refractivity contribution >= 4 is 23.4 Å². The maximum absolute atomic E-state index is 14.3. The maximum Gasteiger partial charge on any atom is 0.253 e. The molecule has 2 fully saturated rings. The Labute approximate surface area is 223 Å². The molecule has 0 bridgehead atoms. The standard InChI is InChI=1S/C29H37N3O6/c1-3-15-30-16-7-9-22-23(26(30)34)24-27(35)32(17-5-4-6-19-33)25-28(36)31(18-8-14-29(24,25)38-22)20-10-12-21(37-2)13-11-20/h7-14,22-25,33H,3-6,15-19H2,1-2H3/t22-,23+,24-,25?,29-/m0/s1. The minimum absolute atomic E-state index is 0.0812. The summed E-state index contributed by atoms with van der Waals surface area (Å²) in [5, 5.41) is 9.23. The van der Waals surface area contributed by atoms with Crippen LogP contribution >= 0.6 is 0 Å². The molecule has 5 rings (SSSR count). The zero-order chi connectivity index (χ0) is 26.9. The van der Waals surface area contributed by atoms with E-state index in [9.17, 15) is 19.5 Å². The Balaban J connectivity index is 1.54. The lowest BCUT2D eigenvalue weighted by Crippen LogP contribution is -2.55. The van der Waals surface area contributed by atoms with E-state index in [1.807, 2.05) is 43.4 Å². The van der Waals surface area contributed by atoms with Crippen LogP contribution in [0, 0.1) is 11.8 Å². The fraction of sp³-hybridized carbons (Fsp3) is 0.552. The number of aliphatic hydroxyl groups excluding tert-OH is 1. The molecule has 0 aromatic heterocycles. The van der Waals surface area contributed by atoms with Crippen molar-refractivity contribution in [3.8, 4) is 5.75 Å². The molecule has 0 saturated carbocycles. The van der Waals surface area contributed by atoms with Crippen LogP contribution in [0.25, 0.3) is 0 Å². The summed E-state index contributed by atoms with van der Waals surface area (Å²) in [6.07, 6.45) is 9.85. The highest BCUT2D eigenvalue weighted by Crippen LogP contribution is 2.53. The topological polar surface area (TPSA) is 99.6 Å². The van der Waals surface area contributed by atoms with Crippen molar-refractivity contribution in [1.82, 2.24) is 9.80 Å². The molecule has 4 aliphatic rings. The average molecular weight is 524 g/mol. The van der Waals surface area contributed by atoms with Crippen LogP contribution in [-0.2, 0) is 19.1 Å². The summed E-state index contributed by atoms with van der Waals surface area (Å²) in [5.74, 6) is -1.29. The second-order valence-corrected chi connectivity index (χ2v) is 10.4. The first-order valence-electron chi connectivity index (χ1n) is 13.6. The Kier molecular flexibility index (Phi) is 7.59. The van der Waals surface area contributed by atoms with Crippen LogP contribution in [0.1, 0.15) is 32.6 Å². The molecule has 1 N–H and O–H groups in total. The minimum Gasteiger partial charge on any atom is -0.497 e. The van der Waals surface area contributed by atoms with Gasteiger partial charge in [0, 0.05) is 38.5 Å². The molecule has 4 heterocycles. The number of fused-ring (bicyclic) bond motifs is 2. The molecule has 0 aliphatic carbocycles. The average Bonchev–Trinajstić information content (AvgIpc) is 3.24. The van der Waals surface area contributed by atoms with Gasteiger partial charge in [0.25, 0.3) is 5.91 Å². The first-order valence-corrected chi connectivity index (χ1v) is 13.6. The number of hydrogen-bond donors (Lipinski definition) is 1. The van der Waals surface area contributed by atoms with E-state index in [2.05, 4.69) is 0 Å². The number of carbonyl (C=O) groups excluding carboxylic acids is 3. The Bertz CT molecular complexity index is 1120. The maximum atomic E-state index is 14.3. The normalized spacial score (nSPS) is 30.3. The third-order valence-corrected chi connectivity index (χ3v) is 8.18. The second-order valence-electron chi connectivity index (χ2n) is 10.4. The number of unbranched alkanes of at least 4 members (excludes halogenated alkanes) is 2. The molecular weight excluding hydrogens is 486 g/mol. The van der Waals surface area contributed by atoms with Gasteiger partial charge in [0.15, 0.2) is 0 Å². The van der Waals surface area contributed by atoms with Crippen LogP contribution in [0.3, 0.4) is 0 Å². The van der Waals surface area contributed by atoms with Crippen LogP contribution in [0.4, 0.5) is 5.69 Å². The molecule has 1 aromatic carbocycles. The number of methoxy groups -OCH3 is 1. The molecule has 0 radical (unpaired) electrons. The van der Waals surface area contributed by atoms with Gasteiger partial charge in [-0.1, -0.05) is 31.2 Å². The summed E-state index contributed by atoms with van der Waals surface area (Å²) >= 11 is 0. The lowest BCUT2D eigenvalue weighted by molar-refractivity contribution is -0.144. The van der Waals surface area contributed by atoms with Gasteiger partial charge in [-0.25, -0.2) is 0 Å². The Hall–Kier alpha value is -3.17. The largest absolute Gasteiger partial charge is 0.497 e. The summed E-state index contributed by atoms with van der Waals surface area (Å²) in [7, 11) is 1.59. The number of likely N-dealkylation sites (tertiary alicyclic amines) is 1. The van der Waals surface area contributed by atoms with Crippen LogP contribution in [0.5, 0.6) is 5.75 Å². The number of nitrogens with zero attached hydrogens (tertiary/aromatic N) is 3. The van der Waals surface area contributed by atoms with Crippen molar-refractivity contribution in [3.63, 3.8) is 0 Å². The van der Waals surface area contributed by atoms with E-state index in [0.717, 1.165) is 12.8 Å². The number of aliphatic hydroxyl groups is 1. The van der Waals surface area contributed by atoms with Crippen molar-refractivity contribution in [2.75, 3.05) is 44.8 Å². The molecule has 9 nitrogen and oxygen atoms in total. The molecule has 38 heavy (non-hydrogen) atoms. The molecule has 3 amide bonds. The predicted molar refractivity (Wildman–Crippen MR) is 142 cm³/mol. The fourth-order valence-electron chi connectivity index (χ4n) is 6.46. The van der Waals surface area contributed by atoms with Crippen molar-refractivity contribution in [3.05, 3.63) is 48.6 Å². The van der Waals surface area contributed by atoms with Crippen molar-refractivity contribution in [2.24, 2.45) is 11.8 Å². The Morgan fingerprint density at radius 1 is 1.00 bits per heavy atom. The smallest absolute Gasteiger partial charge is 0.253 e. The third-order valence-electron chi connectivity index (χ3n) is 8.18. The highest BCUT2D eigenvalue weighted by molar-refractivity contribution is 6.05. The van der Waals surface area contributed by atoms with E-state index in [0.29, 0.717) is 50.5 Å². The molecule has 1 spiro atoms.